The van der Waals surface area contributed by atoms with E-state index in [4.69, 9.17) is 9.47 Å². The van der Waals surface area contributed by atoms with Crippen LogP contribution in [0.5, 0.6) is 11.5 Å². The molecule has 144 valence electrons. The third-order valence-corrected chi connectivity index (χ3v) is 6.63. The molecular formula is C18H20N2O6S. The molecule has 2 aromatic carbocycles. The predicted octanol–water partition coefficient (Wildman–Crippen LogP) is 2.75. The quantitative estimate of drug-likeness (QED) is 0.573. The first-order valence-electron chi connectivity index (χ1n) is 8.28. The van der Waals surface area contributed by atoms with Crippen molar-refractivity contribution in [1.29, 1.82) is 0 Å². The van der Waals surface area contributed by atoms with E-state index in [1.54, 1.807) is 13.2 Å². The summed E-state index contributed by atoms with van der Waals surface area (Å²) in [5.41, 5.74) is 1.55. The number of hydrogen-bond acceptors (Lipinski definition) is 6. The summed E-state index contributed by atoms with van der Waals surface area (Å²) in [6, 6.07) is 8.44. The van der Waals surface area contributed by atoms with Crippen LogP contribution in [-0.4, -0.2) is 37.9 Å². The Bertz CT molecular complexity index is 989. The van der Waals surface area contributed by atoms with Gasteiger partial charge in [-0.1, -0.05) is 6.07 Å². The minimum Gasteiger partial charge on any atom is -0.493 e. The lowest BCUT2D eigenvalue weighted by Crippen LogP contribution is -2.42. The molecular weight excluding hydrogens is 372 g/mol. The fraction of sp³-hybridized carbons (Fsp3) is 0.333. The van der Waals surface area contributed by atoms with Crippen molar-refractivity contribution < 1.29 is 22.8 Å². The number of sulfonamides is 1. The molecule has 0 saturated heterocycles. The second-order valence-electron chi connectivity index (χ2n) is 6.33. The molecule has 0 radical (unpaired) electrons. The highest BCUT2D eigenvalue weighted by molar-refractivity contribution is 7.89. The first kappa shape index (κ1) is 19.1. The molecule has 9 heteroatoms. The molecule has 1 aliphatic rings. The van der Waals surface area contributed by atoms with Gasteiger partial charge in [0.25, 0.3) is 5.69 Å². The van der Waals surface area contributed by atoms with Crippen molar-refractivity contribution in [2.24, 2.45) is 0 Å². The lowest BCUT2D eigenvalue weighted by atomic mass is 9.96. The third-order valence-electron chi connectivity index (χ3n) is 4.67. The van der Waals surface area contributed by atoms with Crippen LogP contribution in [0.4, 0.5) is 5.69 Å². The van der Waals surface area contributed by atoms with E-state index in [1.807, 2.05) is 13.0 Å². The lowest BCUT2D eigenvalue weighted by molar-refractivity contribution is -0.385. The molecule has 0 aliphatic carbocycles. The molecule has 0 aromatic heterocycles. The van der Waals surface area contributed by atoms with Gasteiger partial charge >= 0.3 is 0 Å². The van der Waals surface area contributed by atoms with E-state index in [-0.39, 0.29) is 23.2 Å². The summed E-state index contributed by atoms with van der Waals surface area (Å²) >= 11 is 0. The number of non-ortho nitro benzene ring substituents is 1. The molecule has 27 heavy (non-hydrogen) atoms. The van der Waals surface area contributed by atoms with Gasteiger partial charge in [0.05, 0.1) is 24.0 Å². The molecule has 1 aliphatic heterocycles. The molecule has 0 fully saturated rings. The van der Waals surface area contributed by atoms with Gasteiger partial charge in [0.1, 0.15) is 0 Å². The molecule has 1 unspecified atom stereocenters. The highest BCUT2D eigenvalue weighted by Gasteiger charge is 2.34. The number of ether oxygens (including phenoxy) is 2. The van der Waals surface area contributed by atoms with E-state index in [9.17, 15) is 18.5 Å². The Morgan fingerprint density at radius 3 is 2.33 bits per heavy atom. The Kier molecular flexibility index (Phi) is 5.07. The van der Waals surface area contributed by atoms with Crippen LogP contribution < -0.4 is 9.47 Å². The predicted molar refractivity (Wildman–Crippen MR) is 98.5 cm³/mol. The Labute approximate surface area is 157 Å². The number of nitrogens with zero attached hydrogens (tertiary/aromatic N) is 2. The largest absolute Gasteiger partial charge is 0.493 e. The van der Waals surface area contributed by atoms with Gasteiger partial charge in [-0.15, -0.1) is 0 Å². The van der Waals surface area contributed by atoms with Gasteiger partial charge in [-0.3, -0.25) is 10.1 Å². The van der Waals surface area contributed by atoms with Crippen molar-refractivity contribution in [1.82, 2.24) is 4.31 Å². The summed E-state index contributed by atoms with van der Waals surface area (Å²) in [4.78, 5) is 10.3. The molecule has 0 saturated carbocycles. The lowest BCUT2D eigenvalue weighted by Gasteiger charge is -2.34. The van der Waals surface area contributed by atoms with Crippen LogP contribution in [0.25, 0.3) is 0 Å². The number of fused-ring (bicyclic) bond motifs is 1. The minimum absolute atomic E-state index is 0.0903. The molecule has 1 heterocycles. The minimum atomic E-state index is -3.89. The first-order chi connectivity index (χ1) is 12.8. The van der Waals surface area contributed by atoms with Crippen molar-refractivity contribution in [3.8, 4) is 11.5 Å². The zero-order chi connectivity index (χ0) is 19.8. The van der Waals surface area contributed by atoms with E-state index in [0.717, 1.165) is 17.2 Å². The summed E-state index contributed by atoms with van der Waals surface area (Å²) in [5, 5.41) is 11.0. The third kappa shape index (κ3) is 3.47. The average Bonchev–Trinajstić information content (AvgIpc) is 2.66. The molecule has 0 N–H and O–H groups in total. The average molecular weight is 392 g/mol. The maximum absolute atomic E-state index is 13.1. The molecule has 0 bridgehead atoms. The summed E-state index contributed by atoms with van der Waals surface area (Å²) in [7, 11) is -0.816. The van der Waals surface area contributed by atoms with E-state index in [2.05, 4.69) is 0 Å². The van der Waals surface area contributed by atoms with Crippen molar-refractivity contribution in [2.75, 3.05) is 14.2 Å². The monoisotopic (exact) mass is 392 g/mol. The van der Waals surface area contributed by atoms with Gasteiger partial charge in [-0.05, 0) is 42.7 Å². The fourth-order valence-corrected chi connectivity index (χ4v) is 4.91. The van der Waals surface area contributed by atoms with Crippen LogP contribution in [-0.2, 0) is 23.0 Å². The van der Waals surface area contributed by atoms with Crippen LogP contribution in [0, 0.1) is 10.1 Å². The SMILES string of the molecule is COc1cc2c(cc1OC)CN(S(=O)(=O)c1cccc([N+](=O)[O-])c1)C(C)C2. The van der Waals surface area contributed by atoms with E-state index in [1.165, 1.54) is 29.6 Å². The van der Waals surface area contributed by atoms with E-state index < -0.39 is 14.9 Å². The van der Waals surface area contributed by atoms with Crippen molar-refractivity contribution in [2.45, 2.75) is 30.8 Å². The summed E-state index contributed by atoms with van der Waals surface area (Å²) < 4.78 is 38.2. The maximum Gasteiger partial charge on any atom is 0.270 e. The Morgan fingerprint density at radius 1 is 1.11 bits per heavy atom. The maximum atomic E-state index is 13.1. The molecule has 1 atom stereocenters. The van der Waals surface area contributed by atoms with Crippen LogP contribution in [0.1, 0.15) is 18.1 Å². The van der Waals surface area contributed by atoms with Crippen molar-refractivity contribution >= 4 is 15.7 Å². The number of benzene rings is 2. The van der Waals surface area contributed by atoms with Gasteiger partial charge < -0.3 is 9.47 Å². The summed E-state index contributed by atoms with van der Waals surface area (Å²) in [5.74, 6) is 1.12. The molecule has 2 aromatic rings. The van der Waals surface area contributed by atoms with Crippen LogP contribution in [0.3, 0.4) is 0 Å². The standard InChI is InChI=1S/C18H20N2O6S/c1-12-7-13-8-17(25-2)18(26-3)9-14(13)11-19(12)27(23,24)16-6-4-5-15(10-16)20(21)22/h4-6,8-10,12H,7,11H2,1-3H3. The number of methoxy groups -OCH3 is 2. The zero-order valence-corrected chi connectivity index (χ0v) is 16.0. The Hall–Kier alpha value is -2.65. The normalized spacial score (nSPS) is 17.2. The van der Waals surface area contributed by atoms with Crippen LogP contribution in [0.2, 0.25) is 0 Å². The van der Waals surface area contributed by atoms with Gasteiger partial charge in [0.15, 0.2) is 11.5 Å². The Balaban J connectivity index is 2.01. The molecule has 8 nitrogen and oxygen atoms in total. The molecule has 0 amide bonds. The van der Waals surface area contributed by atoms with Gasteiger partial charge in [0.2, 0.25) is 10.0 Å². The van der Waals surface area contributed by atoms with Crippen LogP contribution >= 0.6 is 0 Å². The van der Waals surface area contributed by atoms with Gasteiger partial charge in [0, 0.05) is 24.7 Å². The molecule has 3 rings (SSSR count). The number of nitro benzene ring substituents is 1. The highest BCUT2D eigenvalue weighted by Crippen LogP contribution is 2.36. The highest BCUT2D eigenvalue weighted by atomic mass is 32.2. The number of rotatable bonds is 5. The number of nitro groups is 1. The molecule has 0 spiro atoms. The topological polar surface area (TPSA) is 99.0 Å². The first-order valence-corrected chi connectivity index (χ1v) is 9.72. The zero-order valence-electron chi connectivity index (χ0n) is 15.2. The second-order valence-corrected chi connectivity index (χ2v) is 8.22. The van der Waals surface area contributed by atoms with E-state index in [0.29, 0.717) is 17.9 Å². The fourth-order valence-electron chi connectivity index (χ4n) is 3.26. The van der Waals surface area contributed by atoms with Gasteiger partial charge in [-0.25, -0.2) is 8.42 Å². The second kappa shape index (κ2) is 7.16. The van der Waals surface area contributed by atoms with Crippen molar-refractivity contribution in [3.05, 3.63) is 57.6 Å². The number of hydrogen-bond donors (Lipinski definition) is 0. The van der Waals surface area contributed by atoms with E-state index >= 15 is 0 Å². The smallest absolute Gasteiger partial charge is 0.270 e. The summed E-state index contributed by atoms with van der Waals surface area (Å²) in [6.07, 6.45) is 0.504. The van der Waals surface area contributed by atoms with Gasteiger partial charge in [-0.2, -0.15) is 4.31 Å². The van der Waals surface area contributed by atoms with Crippen LogP contribution in [0.15, 0.2) is 41.3 Å². The summed E-state index contributed by atoms with van der Waals surface area (Å²) in [6.45, 7) is 1.97. The Morgan fingerprint density at radius 2 is 1.74 bits per heavy atom. The van der Waals surface area contributed by atoms with Crippen molar-refractivity contribution in [3.63, 3.8) is 0 Å².